The van der Waals surface area contributed by atoms with Gasteiger partial charge in [0.2, 0.25) is 0 Å². The smallest absolute Gasteiger partial charge is 0.126 e. The van der Waals surface area contributed by atoms with Gasteiger partial charge in [0, 0.05) is 12.4 Å². The van der Waals surface area contributed by atoms with Crippen LogP contribution in [0.25, 0.3) is 0 Å². The van der Waals surface area contributed by atoms with Crippen LogP contribution in [0.2, 0.25) is 0 Å². The second-order valence-electron chi connectivity index (χ2n) is 4.71. The van der Waals surface area contributed by atoms with Crippen molar-refractivity contribution in [3.8, 4) is 0 Å². The highest BCUT2D eigenvalue weighted by molar-refractivity contribution is 5.09. The number of aromatic nitrogens is 2. The van der Waals surface area contributed by atoms with Crippen molar-refractivity contribution in [3.05, 3.63) is 18.2 Å². The average Bonchev–Trinajstić information content (AvgIpc) is 2.75. The van der Waals surface area contributed by atoms with Crippen molar-refractivity contribution in [1.82, 2.24) is 9.97 Å². The summed E-state index contributed by atoms with van der Waals surface area (Å²) in [7, 11) is 0. The van der Waals surface area contributed by atoms with Crippen LogP contribution in [0.5, 0.6) is 0 Å². The van der Waals surface area contributed by atoms with E-state index in [0.717, 1.165) is 12.2 Å². The summed E-state index contributed by atoms with van der Waals surface area (Å²) in [5.74, 6) is 1.59. The van der Waals surface area contributed by atoms with E-state index in [0.29, 0.717) is 5.92 Å². The van der Waals surface area contributed by atoms with Crippen LogP contribution in [-0.2, 0) is 5.54 Å². The Morgan fingerprint density at radius 3 is 3.13 bits per heavy atom. The fraction of sp³-hybridized carbons (Fsp3) is 0.750. The minimum atomic E-state index is -0.197. The topological polar surface area (TPSA) is 54.7 Å². The Balaban J connectivity index is 2.21. The number of aromatic amines is 1. The maximum absolute atomic E-state index is 6.56. The lowest BCUT2D eigenvalue weighted by molar-refractivity contribution is 0.168. The summed E-state index contributed by atoms with van der Waals surface area (Å²) in [5.41, 5.74) is 6.36. The Labute approximate surface area is 91.5 Å². The van der Waals surface area contributed by atoms with Gasteiger partial charge in [-0.2, -0.15) is 0 Å². The van der Waals surface area contributed by atoms with Gasteiger partial charge in [-0.05, 0) is 25.2 Å². The standard InChI is InChI=1S/C12H21N3/c1-2-5-10-6-3-4-7-12(10,13)11-14-8-9-15-11/h8-10H,2-7,13H2,1H3,(H,14,15)/t10-,12+/m1/s1. The predicted octanol–water partition coefficient (Wildman–Crippen LogP) is 2.55. The summed E-state index contributed by atoms with van der Waals surface area (Å²) >= 11 is 0. The fourth-order valence-electron chi connectivity index (χ4n) is 2.85. The highest BCUT2D eigenvalue weighted by atomic mass is 15.0. The first-order chi connectivity index (χ1) is 7.27. The molecule has 2 atom stereocenters. The van der Waals surface area contributed by atoms with Crippen LogP contribution >= 0.6 is 0 Å². The lowest BCUT2D eigenvalue weighted by Crippen LogP contribution is -2.47. The molecular weight excluding hydrogens is 186 g/mol. The third kappa shape index (κ3) is 1.93. The molecule has 0 amide bonds. The van der Waals surface area contributed by atoms with Crippen LogP contribution in [0.15, 0.2) is 12.4 Å². The van der Waals surface area contributed by atoms with Crippen LogP contribution < -0.4 is 5.73 Å². The summed E-state index contributed by atoms with van der Waals surface area (Å²) in [6.07, 6.45) is 11.0. The Morgan fingerprint density at radius 1 is 1.60 bits per heavy atom. The lowest BCUT2D eigenvalue weighted by atomic mass is 9.71. The van der Waals surface area contributed by atoms with E-state index in [1.807, 2.05) is 12.4 Å². The third-order valence-corrected chi connectivity index (χ3v) is 3.70. The van der Waals surface area contributed by atoms with E-state index in [9.17, 15) is 0 Å². The van der Waals surface area contributed by atoms with E-state index >= 15 is 0 Å². The molecule has 3 heteroatoms. The van der Waals surface area contributed by atoms with E-state index in [4.69, 9.17) is 5.73 Å². The largest absolute Gasteiger partial charge is 0.347 e. The first-order valence-corrected chi connectivity index (χ1v) is 6.06. The first-order valence-electron chi connectivity index (χ1n) is 6.06. The predicted molar refractivity (Wildman–Crippen MR) is 61.3 cm³/mol. The Kier molecular flexibility index (Phi) is 3.10. The van der Waals surface area contributed by atoms with Crippen molar-refractivity contribution in [2.24, 2.45) is 11.7 Å². The quantitative estimate of drug-likeness (QED) is 0.800. The molecule has 15 heavy (non-hydrogen) atoms. The van der Waals surface area contributed by atoms with Gasteiger partial charge in [0.25, 0.3) is 0 Å². The molecule has 1 heterocycles. The van der Waals surface area contributed by atoms with Crippen molar-refractivity contribution in [1.29, 1.82) is 0 Å². The van der Waals surface area contributed by atoms with Gasteiger partial charge < -0.3 is 10.7 Å². The van der Waals surface area contributed by atoms with Crippen LogP contribution in [0.4, 0.5) is 0 Å². The summed E-state index contributed by atoms with van der Waals surface area (Å²) in [6.45, 7) is 2.23. The maximum Gasteiger partial charge on any atom is 0.126 e. The number of H-pyrrole nitrogens is 1. The minimum absolute atomic E-state index is 0.197. The number of rotatable bonds is 3. The van der Waals surface area contributed by atoms with Gasteiger partial charge in [0.15, 0.2) is 0 Å². The molecule has 3 nitrogen and oxygen atoms in total. The molecule has 0 aliphatic heterocycles. The van der Waals surface area contributed by atoms with Gasteiger partial charge in [-0.3, -0.25) is 0 Å². The zero-order chi connectivity index (χ0) is 10.7. The van der Waals surface area contributed by atoms with Crippen molar-refractivity contribution >= 4 is 0 Å². The minimum Gasteiger partial charge on any atom is -0.347 e. The van der Waals surface area contributed by atoms with Crippen LogP contribution in [0.1, 0.15) is 51.3 Å². The Bertz CT molecular complexity index is 292. The molecule has 0 unspecified atom stereocenters. The highest BCUT2D eigenvalue weighted by Gasteiger charge is 2.39. The van der Waals surface area contributed by atoms with Crippen molar-refractivity contribution in [3.63, 3.8) is 0 Å². The van der Waals surface area contributed by atoms with Gasteiger partial charge in [-0.25, -0.2) is 4.98 Å². The van der Waals surface area contributed by atoms with Crippen LogP contribution in [0, 0.1) is 5.92 Å². The van der Waals surface area contributed by atoms with Crippen molar-refractivity contribution in [2.45, 2.75) is 51.0 Å². The molecule has 0 bridgehead atoms. The molecule has 1 aromatic rings. The van der Waals surface area contributed by atoms with E-state index in [1.54, 1.807) is 0 Å². The highest BCUT2D eigenvalue weighted by Crippen LogP contribution is 2.40. The number of imidazole rings is 1. The third-order valence-electron chi connectivity index (χ3n) is 3.70. The molecule has 1 saturated carbocycles. The zero-order valence-electron chi connectivity index (χ0n) is 9.50. The number of hydrogen-bond acceptors (Lipinski definition) is 2. The molecule has 0 spiro atoms. The first kappa shape index (κ1) is 10.7. The lowest BCUT2D eigenvalue weighted by Gasteiger charge is -2.39. The van der Waals surface area contributed by atoms with E-state index in [1.165, 1.54) is 32.1 Å². The molecule has 2 rings (SSSR count). The van der Waals surface area contributed by atoms with E-state index < -0.39 is 0 Å². The van der Waals surface area contributed by atoms with Crippen LogP contribution in [-0.4, -0.2) is 9.97 Å². The van der Waals surface area contributed by atoms with Gasteiger partial charge in [-0.1, -0.05) is 26.2 Å². The molecule has 0 radical (unpaired) electrons. The average molecular weight is 207 g/mol. The molecule has 1 aromatic heterocycles. The zero-order valence-corrected chi connectivity index (χ0v) is 9.50. The Hall–Kier alpha value is -0.830. The Morgan fingerprint density at radius 2 is 2.47 bits per heavy atom. The molecular formula is C12H21N3. The molecule has 1 aliphatic rings. The monoisotopic (exact) mass is 207 g/mol. The fourth-order valence-corrected chi connectivity index (χ4v) is 2.85. The second-order valence-corrected chi connectivity index (χ2v) is 4.71. The summed E-state index contributed by atoms with van der Waals surface area (Å²) in [5, 5.41) is 0. The van der Waals surface area contributed by atoms with E-state index in [2.05, 4.69) is 16.9 Å². The molecule has 0 saturated heterocycles. The van der Waals surface area contributed by atoms with Crippen LogP contribution in [0.3, 0.4) is 0 Å². The van der Waals surface area contributed by atoms with Gasteiger partial charge in [-0.15, -0.1) is 0 Å². The second kappa shape index (κ2) is 4.35. The number of nitrogens with two attached hydrogens (primary N) is 1. The van der Waals surface area contributed by atoms with E-state index in [-0.39, 0.29) is 5.54 Å². The number of nitrogens with zero attached hydrogens (tertiary/aromatic N) is 1. The SMILES string of the molecule is CCC[C@@H]1CCCC[C@@]1(N)c1ncc[nH]1. The summed E-state index contributed by atoms with van der Waals surface area (Å²) in [6, 6.07) is 0. The normalized spacial score (nSPS) is 31.7. The van der Waals surface area contributed by atoms with Crippen molar-refractivity contribution < 1.29 is 0 Å². The summed E-state index contributed by atoms with van der Waals surface area (Å²) in [4.78, 5) is 7.56. The molecule has 0 aromatic carbocycles. The molecule has 3 N–H and O–H groups in total. The van der Waals surface area contributed by atoms with Gasteiger partial charge in [0.1, 0.15) is 5.82 Å². The molecule has 84 valence electrons. The number of nitrogens with one attached hydrogen (secondary N) is 1. The molecule has 1 aliphatic carbocycles. The van der Waals surface area contributed by atoms with Gasteiger partial charge >= 0.3 is 0 Å². The van der Waals surface area contributed by atoms with Gasteiger partial charge in [0.05, 0.1) is 5.54 Å². The summed E-state index contributed by atoms with van der Waals surface area (Å²) < 4.78 is 0. The van der Waals surface area contributed by atoms with Crippen molar-refractivity contribution in [2.75, 3.05) is 0 Å². The molecule has 1 fully saturated rings. The maximum atomic E-state index is 6.56. The number of hydrogen-bond donors (Lipinski definition) is 2.